The summed E-state index contributed by atoms with van der Waals surface area (Å²) < 4.78 is 39.8. The lowest BCUT2D eigenvalue weighted by atomic mass is 10.1. The second kappa shape index (κ2) is 9.48. The van der Waals surface area contributed by atoms with E-state index in [-0.39, 0.29) is 6.42 Å². The minimum absolute atomic E-state index is 0.234. The molecule has 0 saturated heterocycles. The highest BCUT2D eigenvalue weighted by molar-refractivity contribution is 5.36. The Morgan fingerprint density at radius 3 is 1.88 bits per heavy atom. The summed E-state index contributed by atoms with van der Waals surface area (Å²) in [4.78, 5) is 9.78. The third-order valence-electron chi connectivity index (χ3n) is 2.29. The van der Waals surface area contributed by atoms with Gasteiger partial charge in [0.25, 0.3) is 6.47 Å². The molecule has 0 rings (SSSR count). The summed E-state index contributed by atoms with van der Waals surface area (Å²) in [7, 11) is 0. The predicted molar refractivity (Wildman–Crippen MR) is 55.0 cm³/mol. The lowest BCUT2D eigenvalue weighted by Crippen LogP contribution is -2.06. The van der Waals surface area contributed by atoms with Gasteiger partial charge in [-0.15, -0.1) is 0 Å². The van der Waals surface area contributed by atoms with Crippen molar-refractivity contribution >= 4 is 6.47 Å². The number of rotatable bonds is 10. The van der Waals surface area contributed by atoms with E-state index in [0.29, 0.717) is 19.5 Å². The lowest BCUT2D eigenvalue weighted by molar-refractivity contribution is -0.135. The van der Waals surface area contributed by atoms with Crippen LogP contribution in [0, 0.1) is 0 Å². The highest BCUT2D eigenvalue weighted by atomic mass is 19.4. The Morgan fingerprint density at radius 1 is 0.875 bits per heavy atom. The van der Waals surface area contributed by atoms with Gasteiger partial charge in [0, 0.05) is 6.42 Å². The molecule has 0 amide bonds. The summed E-state index contributed by atoms with van der Waals surface area (Å²) in [5.74, 6) is 0. The van der Waals surface area contributed by atoms with Crippen molar-refractivity contribution in [1.29, 1.82) is 0 Å². The van der Waals surface area contributed by atoms with Crippen molar-refractivity contribution < 1.29 is 22.7 Å². The minimum Gasteiger partial charge on any atom is -0.468 e. The molecule has 0 aromatic rings. The van der Waals surface area contributed by atoms with E-state index in [2.05, 4.69) is 4.74 Å². The average molecular weight is 240 g/mol. The van der Waals surface area contributed by atoms with E-state index in [1.54, 1.807) is 0 Å². The van der Waals surface area contributed by atoms with Crippen LogP contribution in [-0.4, -0.2) is 19.3 Å². The fourth-order valence-electron chi connectivity index (χ4n) is 1.44. The topological polar surface area (TPSA) is 26.3 Å². The maximum Gasteiger partial charge on any atom is 0.389 e. The van der Waals surface area contributed by atoms with E-state index in [0.717, 1.165) is 32.1 Å². The fraction of sp³-hybridized carbons (Fsp3) is 0.909. The largest absolute Gasteiger partial charge is 0.468 e. The number of halogens is 3. The van der Waals surface area contributed by atoms with Crippen LogP contribution in [0.2, 0.25) is 0 Å². The van der Waals surface area contributed by atoms with Gasteiger partial charge in [0.05, 0.1) is 6.61 Å². The number of carbonyl (C=O) groups excluding carboxylic acids is 1. The summed E-state index contributed by atoms with van der Waals surface area (Å²) in [6, 6.07) is 0. The zero-order valence-corrected chi connectivity index (χ0v) is 9.39. The molecule has 0 unspecified atom stereocenters. The van der Waals surface area contributed by atoms with Gasteiger partial charge in [-0.3, -0.25) is 4.79 Å². The summed E-state index contributed by atoms with van der Waals surface area (Å²) in [6.07, 6.45) is 0.806. The molecule has 0 aromatic heterocycles. The van der Waals surface area contributed by atoms with Crippen LogP contribution in [0.25, 0.3) is 0 Å². The van der Waals surface area contributed by atoms with Crippen LogP contribution in [0.4, 0.5) is 13.2 Å². The van der Waals surface area contributed by atoms with E-state index in [1.807, 2.05) is 0 Å². The second-order valence-corrected chi connectivity index (χ2v) is 3.81. The van der Waals surface area contributed by atoms with Crippen LogP contribution in [0.15, 0.2) is 0 Å². The molecular formula is C11H19F3O2. The first-order valence-electron chi connectivity index (χ1n) is 5.68. The Bertz CT molecular complexity index is 169. The zero-order chi connectivity index (χ0) is 12.3. The quantitative estimate of drug-likeness (QED) is 0.428. The van der Waals surface area contributed by atoms with Crippen LogP contribution in [-0.2, 0) is 9.53 Å². The van der Waals surface area contributed by atoms with E-state index < -0.39 is 12.6 Å². The molecule has 0 fully saturated rings. The van der Waals surface area contributed by atoms with Crippen molar-refractivity contribution in [3.63, 3.8) is 0 Å². The summed E-state index contributed by atoms with van der Waals surface area (Å²) in [6.45, 7) is 0.870. The molecule has 0 spiro atoms. The van der Waals surface area contributed by atoms with Crippen LogP contribution in [0.3, 0.4) is 0 Å². The first kappa shape index (κ1) is 15.3. The van der Waals surface area contributed by atoms with Crippen molar-refractivity contribution in [1.82, 2.24) is 0 Å². The smallest absolute Gasteiger partial charge is 0.389 e. The lowest BCUT2D eigenvalue weighted by Gasteiger charge is -2.05. The normalized spacial score (nSPS) is 11.4. The molecule has 0 bridgehead atoms. The Hall–Kier alpha value is -0.740. The van der Waals surface area contributed by atoms with E-state index in [9.17, 15) is 18.0 Å². The highest BCUT2D eigenvalue weighted by Gasteiger charge is 2.25. The molecule has 16 heavy (non-hydrogen) atoms. The molecule has 0 N–H and O–H groups in total. The molecule has 2 nitrogen and oxygen atoms in total. The van der Waals surface area contributed by atoms with Crippen molar-refractivity contribution in [2.45, 2.75) is 57.5 Å². The fourth-order valence-corrected chi connectivity index (χ4v) is 1.44. The van der Waals surface area contributed by atoms with Crippen LogP contribution < -0.4 is 0 Å². The molecule has 0 atom stereocenters. The van der Waals surface area contributed by atoms with Crippen molar-refractivity contribution in [2.75, 3.05) is 6.61 Å². The molecule has 0 saturated carbocycles. The molecule has 0 aliphatic rings. The highest BCUT2D eigenvalue weighted by Crippen LogP contribution is 2.23. The third kappa shape index (κ3) is 13.3. The molecular weight excluding hydrogens is 221 g/mol. The van der Waals surface area contributed by atoms with Crippen LogP contribution in [0.1, 0.15) is 51.4 Å². The van der Waals surface area contributed by atoms with Gasteiger partial charge < -0.3 is 4.74 Å². The SMILES string of the molecule is O=COCCCCCCCCCC(F)(F)F. The maximum absolute atomic E-state index is 11.8. The number of ether oxygens (including phenoxy) is 1. The van der Waals surface area contributed by atoms with Crippen LogP contribution in [0.5, 0.6) is 0 Å². The van der Waals surface area contributed by atoms with E-state index >= 15 is 0 Å². The Labute approximate surface area is 94.2 Å². The van der Waals surface area contributed by atoms with Gasteiger partial charge in [-0.05, 0) is 12.8 Å². The Morgan fingerprint density at radius 2 is 1.38 bits per heavy atom. The molecule has 0 heterocycles. The molecule has 0 aliphatic heterocycles. The van der Waals surface area contributed by atoms with E-state index in [1.165, 1.54) is 0 Å². The maximum atomic E-state index is 11.8. The van der Waals surface area contributed by atoms with Gasteiger partial charge in [0.2, 0.25) is 0 Å². The summed E-state index contributed by atoms with van der Waals surface area (Å²) in [5, 5.41) is 0. The first-order valence-corrected chi connectivity index (χ1v) is 5.68. The number of carbonyl (C=O) groups is 1. The van der Waals surface area contributed by atoms with Gasteiger partial charge in [-0.2, -0.15) is 13.2 Å². The molecule has 96 valence electrons. The Kier molecular flexibility index (Phi) is 9.04. The summed E-state index contributed by atoms with van der Waals surface area (Å²) >= 11 is 0. The number of alkyl halides is 3. The van der Waals surface area contributed by atoms with Gasteiger partial charge >= 0.3 is 6.18 Å². The van der Waals surface area contributed by atoms with Crippen molar-refractivity contribution in [3.05, 3.63) is 0 Å². The molecule has 0 aliphatic carbocycles. The monoisotopic (exact) mass is 240 g/mol. The first-order chi connectivity index (χ1) is 7.56. The third-order valence-corrected chi connectivity index (χ3v) is 2.29. The van der Waals surface area contributed by atoms with Gasteiger partial charge in [0.15, 0.2) is 0 Å². The van der Waals surface area contributed by atoms with Crippen molar-refractivity contribution in [2.24, 2.45) is 0 Å². The average Bonchev–Trinajstić information content (AvgIpc) is 2.19. The standard InChI is InChI=1S/C11H19F3O2/c12-11(13,14)8-6-4-2-1-3-5-7-9-16-10-15/h10H,1-9H2. The van der Waals surface area contributed by atoms with Crippen molar-refractivity contribution in [3.8, 4) is 0 Å². The van der Waals surface area contributed by atoms with Gasteiger partial charge in [0.1, 0.15) is 0 Å². The van der Waals surface area contributed by atoms with E-state index in [4.69, 9.17) is 0 Å². The number of hydrogen-bond donors (Lipinski definition) is 0. The number of unbranched alkanes of at least 4 members (excludes halogenated alkanes) is 6. The molecule has 0 radical (unpaired) electrons. The van der Waals surface area contributed by atoms with Gasteiger partial charge in [-0.25, -0.2) is 0 Å². The van der Waals surface area contributed by atoms with Gasteiger partial charge in [-0.1, -0.05) is 32.1 Å². The molecule has 5 heteroatoms. The summed E-state index contributed by atoms with van der Waals surface area (Å²) in [5.41, 5.74) is 0. The Balaban J connectivity index is 3.01. The van der Waals surface area contributed by atoms with Crippen LogP contribution >= 0.6 is 0 Å². The second-order valence-electron chi connectivity index (χ2n) is 3.81. The zero-order valence-electron chi connectivity index (χ0n) is 9.39. The molecule has 0 aromatic carbocycles. The minimum atomic E-state index is -4.01. The predicted octanol–water partition coefficient (Wildman–Crippen LogP) is 3.84. The number of hydrogen-bond acceptors (Lipinski definition) is 2.